The van der Waals surface area contributed by atoms with E-state index in [0.717, 1.165) is 16.8 Å². The Morgan fingerprint density at radius 2 is 1.83 bits per heavy atom. The number of aromatic nitrogens is 2. The normalized spacial score (nSPS) is 10.5. The van der Waals surface area contributed by atoms with Crippen LogP contribution in [0, 0.1) is 18.6 Å². The first-order valence-electron chi connectivity index (χ1n) is 8.98. The summed E-state index contributed by atoms with van der Waals surface area (Å²) in [4.78, 5) is 7.57. The van der Waals surface area contributed by atoms with Crippen molar-refractivity contribution in [3.05, 3.63) is 94.1 Å². The molecule has 0 fully saturated rings. The van der Waals surface area contributed by atoms with Crippen molar-refractivity contribution in [2.45, 2.75) is 13.5 Å². The van der Waals surface area contributed by atoms with Gasteiger partial charge in [0.15, 0.2) is 0 Å². The summed E-state index contributed by atoms with van der Waals surface area (Å²) in [7, 11) is 0. The van der Waals surface area contributed by atoms with Gasteiger partial charge in [0.05, 0.1) is 11.9 Å². The van der Waals surface area contributed by atoms with Crippen molar-refractivity contribution in [3.63, 3.8) is 0 Å². The van der Waals surface area contributed by atoms with Crippen LogP contribution in [0.4, 0.5) is 8.78 Å². The monoisotopic (exact) mass is 490 g/mol. The summed E-state index contributed by atoms with van der Waals surface area (Å²) in [5.41, 5.74) is 3.84. The van der Waals surface area contributed by atoms with Gasteiger partial charge in [0, 0.05) is 21.2 Å². The van der Waals surface area contributed by atoms with Crippen LogP contribution in [0.15, 0.2) is 71.3 Å². The minimum Gasteiger partial charge on any atom is -0.489 e. The van der Waals surface area contributed by atoms with Crippen LogP contribution in [0.25, 0.3) is 22.6 Å². The molecular weight excluding hydrogens is 474 g/mol. The lowest BCUT2D eigenvalue weighted by Gasteiger charge is -2.11. The van der Waals surface area contributed by atoms with Crippen molar-refractivity contribution in [1.29, 1.82) is 0 Å². The van der Waals surface area contributed by atoms with Gasteiger partial charge in [0.1, 0.15) is 29.8 Å². The molecule has 0 amide bonds. The maximum absolute atomic E-state index is 14.0. The van der Waals surface area contributed by atoms with Gasteiger partial charge in [-0.25, -0.2) is 13.8 Å². The van der Waals surface area contributed by atoms with Gasteiger partial charge in [0.2, 0.25) is 0 Å². The number of aromatic amines is 1. The highest BCUT2D eigenvalue weighted by molar-refractivity contribution is 9.10. The number of rotatable bonds is 5. The van der Waals surface area contributed by atoms with Crippen LogP contribution in [0.3, 0.4) is 0 Å². The van der Waals surface area contributed by atoms with E-state index in [1.807, 2.05) is 25.1 Å². The smallest absolute Gasteiger partial charge is 0.137 e. The molecule has 1 aromatic heterocycles. The molecule has 154 valence electrons. The first-order valence-corrected chi connectivity index (χ1v) is 9.77. The van der Waals surface area contributed by atoms with Crippen molar-refractivity contribution >= 4 is 28.3 Å². The van der Waals surface area contributed by atoms with E-state index in [9.17, 15) is 8.78 Å². The van der Waals surface area contributed by atoms with Crippen molar-refractivity contribution < 1.29 is 13.5 Å². The van der Waals surface area contributed by atoms with Gasteiger partial charge < -0.3 is 9.72 Å². The zero-order valence-electron chi connectivity index (χ0n) is 16.0. The topological polar surface area (TPSA) is 37.9 Å². The molecule has 0 radical (unpaired) electrons. The zero-order chi connectivity index (χ0) is 20.4. The summed E-state index contributed by atoms with van der Waals surface area (Å²) in [6, 6.07) is 16.9. The van der Waals surface area contributed by atoms with Gasteiger partial charge in [-0.3, -0.25) is 0 Å². The van der Waals surface area contributed by atoms with Crippen LogP contribution in [-0.2, 0) is 6.61 Å². The Balaban J connectivity index is 0.00000256. The van der Waals surface area contributed by atoms with E-state index in [2.05, 4.69) is 25.9 Å². The molecule has 4 aromatic rings. The minimum absolute atomic E-state index is 0. The Morgan fingerprint density at radius 1 is 1.00 bits per heavy atom. The Bertz CT molecular complexity index is 1180. The number of aryl methyl sites for hydroxylation is 1. The Morgan fingerprint density at radius 3 is 2.57 bits per heavy atom. The molecule has 7 heteroatoms. The first-order chi connectivity index (χ1) is 14.0. The largest absolute Gasteiger partial charge is 0.489 e. The second kappa shape index (κ2) is 9.41. The van der Waals surface area contributed by atoms with Crippen LogP contribution in [0.2, 0.25) is 0 Å². The lowest BCUT2D eigenvalue weighted by atomic mass is 10.1. The highest BCUT2D eigenvalue weighted by Gasteiger charge is 2.10. The molecule has 1 N–H and O–H groups in total. The van der Waals surface area contributed by atoms with E-state index in [4.69, 9.17) is 4.74 Å². The third-order valence-electron chi connectivity index (χ3n) is 4.56. The molecule has 0 atom stereocenters. The third kappa shape index (κ3) is 4.89. The van der Waals surface area contributed by atoms with Crippen LogP contribution in [0.1, 0.15) is 11.1 Å². The van der Waals surface area contributed by atoms with Crippen LogP contribution < -0.4 is 4.74 Å². The molecule has 0 saturated carbocycles. The molecule has 0 aliphatic carbocycles. The molecule has 0 saturated heterocycles. The van der Waals surface area contributed by atoms with Crippen molar-refractivity contribution in [2.24, 2.45) is 0 Å². The Kier molecular flexibility index (Phi) is 6.90. The van der Waals surface area contributed by atoms with Gasteiger partial charge in [-0.15, -0.1) is 12.4 Å². The quantitative estimate of drug-likeness (QED) is 0.323. The Hall–Kier alpha value is -2.70. The zero-order valence-corrected chi connectivity index (χ0v) is 18.4. The maximum atomic E-state index is 14.0. The molecule has 0 aliphatic heterocycles. The summed E-state index contributed by atoms with van der Waals surface area (Å²) in [6.45, 7) is 2.08. The maximum Gasteiger partial charge on any atom is 0.137 e. The van der Waals surface area contributed by atoms with E-state index in [1.54, 1.807) is 30.5 Å². The Labute approximate surface area is 187 Å². The standard InChI is InChI=1S/C23H17BrF2N2O.ClH/c1-14-9-15(21-12-27-23(28-21)16-3-2-4-19(25)10-16)6-8-22(14)29-13-17-5-7-18(24)11-20(17)26;/h2-12H,13H2,1H3,(H,27,28);1H. The lowest BCUT2D eigenvalue weighted by Crippen LogP contribution is -2.00. The number of ether oxygens (including phenoxy) is 1. The second-order valence-electron chi connectivity index (χ2n) is 6.66. The third-order valence-corrected chi connectivity index (χ3v) is 5.05. The van der Waals surface area contributed by atoms with Gasteiger partial charge in [-0.2, -0.15) is 0 Å². The molecule has 0 spiro atoms. The fourth-order valence-electron chi connectivity index (χ4n) is 3.02. The summed E-state index contributed by atoms with van der Waals surface area (Å²) in [6.07, 6.45) is 1.72. The lowest BCUT2D eigenvalue weighted by molar-refractivity contribution is 0.298. The molecular formula is C23H18BrClF2N2O. The van der Waals surface area contributed by atoms with Crippen LogP contribution in [0.5, 0.6) is 5.75 Å². The van der Waals surface area contributed by atoms with Crippen molar-refractivity contribution in [2.75, 3.05) is 0 Å². The van der Waals surface area contributed by atoms with Crippen molar-refractivity contribution in [3.8, 4) is 28.4 Å². The van der Waals surface area contributed by atoms with Gasteiger partial charge in [0.25, 0.3) is 0 Å². The number of nitrogens with one attached hydrogen (secondary N) is 1. The first kappa shape index (κ1) is 22.0. The fourth-order valence-corrected chi connectivity index (χ4v) is 3.36. The number of halogens is 4. The number of hydrogen-bond donors (Lipinski definition) is 1. The molecule has 0 unspecified atom stereocenters. The van der Waals surface area contributed by atoms with E-state index < -0.39 is 0 Å². The summed E-state index contributed by atoms with van der Waals surface area (Å²) < 4.78 is 33.9. The fraction of sp³-hybridized carbons (Fsp3) is 0.0870. The minimum atomic E-state index is -0.309. The number of benzene rings is 3. The SMILES string of the molecule is Cc1cc(-c2cnc(-c3cccc(F)c3)[nH]2)ccc1OCc1ccc(Br)cc1F.Cl. The van der Waals surface area contributed by atoms with E-state index >= 15 is 0 Å². The molecule has 4 rings (SSSR count). The highest BCUT2D eigenvalue weighted by Crippen LogP contribution is 2.28. The highest BCUT2D eigenvalue weighted by atomic mass is 79.9. The van der Waals surface area contributed by atoms with E-state index in [0.29, 0.717) is 27.2 Å². The number of H-pyrrole nitrogens is 1. The summed E-state index contributed by atoms with van der Waals surface area (Å²) >= 11 is 3.25. The van der Waals surface area contributed by atoms with Gasteiger partial charge >= 0.3 is 0 Å². The summed E-state index contributed by atoms with van der Waals surface area (Å²) in [5.74, 6) is 0.667. The van der Waals surface area contributed by atoms with Crippen LogP contribution >= 0.6 is 28.3 Å². The molecule has 30 heavy (non-hydrogen) atoms. The van der Waals surface area contributed by atoms with Gasteiger partial charge in [-0.1, -0.05) is 34.1 Å². The number of hydrogen-bond acceptors (Lipinski definition) is 2. The van der Waals surface area contributed by atoms with Gasteiger partial charge in [-0.05, 0) is 55.0 Å². The predicted molar refractivity (Wildman–Crippen MR) is 120 cm³/mol. The number of nitrogens with zero attached hydrogens (tertiary/aromatic N) is 1. The average molecular weight is 492 g/mol. The summed E-state index contributed by atoms with van der Waals surface area (Å²) in [5, 5.41) is 0. The average Bonchev–Trinajstić information content (AvgIpc) is 3.18. The second-order valence-corrected chi connectivity index (χ2v) is 7.58. The van der Waals surface area contributed by atoms with E-state index in [1.165, 1.54) is 18.2 Å². The molecule has 0 aliphatic rings. The van der Waals surface area contributed by atoms with Crippen molar-refractivity contribution in [1.82, 2.24) is 9.97 Å². The molecule has 3 nitrogen and oxygen atoms in total. The number of imidazole rings is 1. The van der Waals surface area contributed by atoms with Crippen LogP contribution in [-0.4, -0.2) is 9.97 Å². The van der Waals surface area contributed by atoms with E-state index in [-0.39, 0.29) is 30.6 Å². The molecule has 1 heterocycles. The molecule has 0 bridgehead atoms. The molecule has 3 aromatic carbocycles. The predicted octanol–water partition coefficient (Wildman–Crippen LogP) is 7.09.